The lowest BCUT2D eigenvalue weighted by atomic mass is 10.1. The van der Waals surface area contributed by atoms with Gasteiger partial charge in [0.15, 0.2) is 0 Å². The fourth-order valence-electron chi connectivity index (χ4n) is 3.49. The van der Waals surface area contributed by atoms with Gasteiger partial charge < -0.3 is 10.3 Å². The third kappa shape index (κ3) is 3.88. The van der Waals surface area contributed by atoms with E-state index in [2.05, 4.69) is 20.4 Å². The van der Waals surface area contributed by atoms with Crippen LogP contribution in [0.3, 0.4) is 0 Å². The molecule has 0 spiro atoms. The van der Waals surface area contributed by atoms with Crippen molar-refractivity contribution >= 4 is 5.91 Å². The van der Waals surface area contributed by atoms with Crippen molar-refractivity contribution in [3.8, 4) is 11.4 Å². The number of H-pyrrole nitrogens is 1. The highest BCUT2D eigenvalue weighted by atomic mass is 16.2. The number of aromatic amines is 1. The SMILES string of the molecule is Cc1nn(C)c(C)c1[C@H](C)NC(=O)Cc1c(C)nc(-c2ccccc2)[nH]c1=O. The van der Waals surface area contributed by atoms with Gasteiger partial charge >= 0.3 is 0 Å². The Bertz CT molecular complexity index is 1070. The zero-order valence-corrected chi connectivity index (χ0v) is 16.8. The van der Waals surface area contributed by atoms with E-state index in [1.807, 2.05) is 58.2 Å². The van der Waals surface area contributed by atoms with Gasteiger partial charge in [-0.25, -0.2) is 4.98 Å². The number of rotatable bonds is 5. The number of carbonyl (C=O) groups excluding carboxylic acids is 1. The topological polar surface area (TPSA) is 92.7 Å². The molecule has 2 N–H and O–H groups in total. The van der Waals surface area contributed by atoms with Crippen LogP contribution in [0.15, 0.2) is 35.1 Å². The van der Waals surface area contributed by atoms with Gasteiger partial charge in [-0.05, 0) is 27.7 Å². The van der Waals surface area contributed by atoms with Crippen LogP contribution >= 0.6 is 0 Å². The van der Waals surface area contributed by atoms with Crippen molar-refractivity contribution in [1.82, 2.24) is 25.1 Å². The lowest BCUT2D eigenvalue weighted by Crippen LogP contribution is -2.31. The van der Waals surface area contributed by atoms with Crippen LogP contribution in [0, 0.1) is 20.8 Å². The van der Waals surface area contributed by atoms with E-state index in [4.69, 9.17) is 0 Å². The maximum absolute atomic E-state index is 12.6. The summed E-state index contributed by atoms with van der Waals surface area (Å²) in [5, 5.41) is 7.36. The highest BCUT2D eigenvalue weighted by Crippen LogP contribution is 2.21. The van der Waals surface area contributed by atoms with E-state index in [0.717, 1.165) is 22.5 Å². The second-order valence-corrected chi connectivity index (χ2v) is 7.02. The summed E-state index contributed by atoms with van der Waals surface area (Å²) in [6.07, 6.45) is -0.0219. The molecule has 0 unspecified atom stereocenters. The van der Waals surface area contributed by atoms with Gasteiger partial charge in [0.2, 0.25) is 5.91 Å². The van der Waals surface area contributed by atoms with Crippen molar-refractivity contribution in [2.75, 3.05) is 0 Å². The van der Waals surface area contributed by atoms with E-state index >= 15 is 0 Å². The maximum atomic E-state index is 12.6. The van der Waals surface area contributed by atoms with E-state index in [0.29, 0.717) is 17.1 Å². The molecule has 7 heteroatoms. The molecule has 0 aliphatic rings. The minimum absolute atomic E-state index is 0.0219. The molecule has 0 bridgehead atoms. The Morgan fingerprint density at radius 2 is 1.86 bits per heavy atom. The monoisotopic (exact) mass is 379 g/mol. The van der Waals surface area contributed by atoms with E-state index in [9.17, 15) is 9.59 Å². The number of amides is 1. The van der Waals surface area contributed by atoms with Crippen molar-refractivity contribution in [3.05, 3.63) is 68.9 Å². The zero-order valence-electron chi connectivity index (χ0n) is 16.8. The van der Waals surface area contributed by atoms with Gasteiger partial charge in [0.05, 0.1) is 18.2 Å². The fraction of sp³-hybridized carbons (Fsp3) is 0.333. The van der Waals surface area contributed by atoms with Gasteiger partial charge in [0.25, 0.3) is 5.56 Å². The highest BCUT2D eigenvalue weighted by molar-refractivity contribution is 5.79. The Morgan fingerprint density at radius 3 is 2.43 bits per heavy atom. The van der Waals surface area contributed by atoms with Crippen molar-refractivity contribution in [1.29, 1.82) is 0 Å². The van der Waals surface area contributed by atoms with Gasteiger partial charge in [0.1, 0.15) is 5.82 Å². The first-order valence-corrected chi connectivity index (χ1v) is 9.22. The molecule has 0 fully saturated rings. The van der Waals surface area contributed by atoms with Crippen LogP contribution < -0.4 is 10.9 Å². The Hall–Kier alpha value is -3.22. The number of carbonyl (C=O) groups is 1. The first kappa shape index (κ1) is 19.5. The van der Waals surface area contributed by atoms with E-state index < -0.39 is 0 Å². The summed E-state index contributed by atoms with van der Waals surface area (Å²) in [5.41, 5.74) is 4.36. The largest absolute Gasteiger partial charge is 0.349 e. The van der Waals surface area contributed by atoms with E-state index in [1.54, 1.807) is 11.6 Å². The molecule has 1 aromatic carbocycles. The molecule has 0 saturated heterocycles. The van der Waals surface area contributed by atoms with Crippen LogP contribution in [0.1, 0.15) is 41.2 Å². The van der Waals surface area contributed by atoms with E-state index in [-0.39, 0.29) is 23.9 Å². The quantitative estimate of drug-likeness (QED) is 0.712. The molecule has 1 atom stereocenters. The summed E-state index contributed by atoms with van der Waals surface area (Å²) in [6.45, 7) is 7.57. The Kier molecular flexibility index (Phi) is 5.44. The predicted octanol–water partition coefficient (Wildman–Crippen LogP) is 2.52. The number of nitrogens with zero attached hydrogens (tertiary/aromatic N) is 3. The van der Waals surface area contributed by atoms with Crippen LogP contribution in [-0.4, -0.2) is 25.7 Å². The Balaban J connectivity index is 1.78. The van der Waals surface area contributed by atoms with Crippen LogP contribution in [0.2, 0.25) is 0 Å². The lowest BCUT2D eigenvalue weighted by Gasteiger charge is -2.15. The molecular formula is C21H25N5O2. The van der Waals surface area contributed by atoms with Crippen molar-refractivity contribution < 1.29 is 4.79 Å². The Morgan fingerprint density at radius 1 is 1.18 bits per heavy atom. The van der Waals surface area contributed by atoms with Crippen LogP contribution in [0.4, 0.5) is 0 Å². The Labute approximate surface area is 163 Å². The molecule has 146 valence electrons. The molecule has 3 aromatic rings. The summed E-state index contributed by atoms with van der Waals surface area (Å²) in [6, 6.07) is 9.23. The number of benzene rings is 1. The number of nitrogens with one attached hydrogen (secondary N) is 2. The van der Waals surface area contributed by atoms with Crippen molar-refractivity contribution in [3.63, 3.8) is 0 Å². The lowest BCUT2D eigenvalue weighted by molar-refractivity contribution is -0.121. The first-order valence-electron chi connectivity index (χ1n) is 9.22. The molecule has 28 heavy (non-hydrogen) atoms. The number of hydrogen-bond donors (Lipinski definition) is 2. The molecule has 7 nitrogen and oxygen atoms in total. The number of hydrogen-bond acceptors (Lipinski definition) is 4. The smallest absolute Gasteiger partial charge is 0.255 e. The highest BCUT2D eigenvalue weighted by Gasteiger charge is 2.20. The molecule has 0 saturated carbocycles. The van der Waals surface area contributed by atoms with Crippen LogP contribution in [0.5, 0.6) is 0 Å². The van der Waals surface area contributed by atoms with Gasteiger partial charge in [-0.1, -0.05) is 30.3 Å². The molecule has 2 heterocycles. The molecule has 0 radical (unpaired) electrons. The molecule has 0 aliphatic heterocycles. The maximum Gasteiger partial charge on any atom is 0.255 e. The standard InChI is InChI=1S/C21H25N5O2/c1-12-17(21(28)24-20(23-12)16-9-7-6-8-10-16)11-18(27)22-13(2)19-14(3)25-26(5)15(19)4/h6-10,13H,11H2,1-5H3,(H,22,27)(H,23,24,28)/t13-/m0/s1. The average Bonchev–Trinajstić information content (AvgIpc) is 2.90. The molecule has 3 rings (SSSR count). The molecule has 1 amide bonds. The number of aromatic nitrogens is 4. The van der Waals surface area contributed by atoms with Gasteiger partial charge in [-0.3, -0.25) is 14.3 Å². The molecular weight excluding hydrogens is 354 g/mol. The zero-order chi connectivity index (χ0) is 20.4. The normalized spacial score (nSPS) is 12.0. The van der Waals surface area contributed by atoms with Crippen molar-refractivity contribution in [2.45, 2.75) is 40.2 Å². The van der Waals surface area contributed by atoms with Crippen LogP contribution in [-0.2, 0) is 18.3 Å². The minimum atomic E-state index is -0.289. The summed E-state index contributed by atoms with van der Waals surface area (Å²) in [5.74, 6) is 0.278. The molecule has 2 aromatic heterocycles. The predicted molar refractivity (Wildman–Crippen MR) is 108 cm³/mol. The van der Waals surface area contributed by atoms with Gasteiger partial charge in [-0.2, -0.15) is 5.10 Å². The molecule has 0 aliphatic carbocycles. The first-order chi connectivity index (χ1) is 13.3. The van der Waals surface area contributed by atoms with E-state index in [1.165, 1.54) is 0 Å². The minimum Gasteiger partial charge on any atom is -0.349 e. The summed E-state index contributed by atoms with van der Waals surface area (Å²) in [4.78, 5) is 32.4. The summed E-state index contributed by atoms with van der Waals surface area (Å²) < 4.78 is 1.80. The number of aryl methyl sites for hydroxylation is 3. The summed E-state index contributed by atoms with van der Waals surface area (Å²) in [7, 11) is 1.88. The second-order valence-electron chi connectivity index (χ2n) is 7.02. The van der Waals surface area contributed by atoms with Gasteiger partial charge in [-0.15, -0.1) is 0 Å². The summed E-state index contributed by atoms with van der Waals surface area (Å²) >= 11 is 0. The van der Waals surface area contributed by atoms with Crippen LogP contribution in [0.25, 0.3) is 11.4 Å². The van der Waals surface area contributed by atoms with Gasteiger partial charge in [0, 0.05) is 35.1 Å². The second kappa shape index (κ2) is 7.80. The third-order valence-corrected chi connectivity index (χ3v) is 4.98. The average molecular weight is 379 g/mol. The third-order valence-electron chi connectivity index (χ3n) is 4.98. The fourth-order valence-corrected chi connectivity index (χ4v) is 3.49. The van der Waals surface area contributed by atoms with Crippen molar-refractivity contribution in [2.24, 2.45) is 7.05 Å².